The summed E-state index contributed by atoms with van der Waals surface area (Å²) in [6, 6.07) is 6.36. The van der Waals surface area contributed by atoms with Gasteiger partial charge >= 0.3 is 0 Å². The Morgan fingerprint density at radius 1 is 1.31 bits per heavy atom. The number of aliphatic hydroxyl groups is 1. The van der Waals surface area contributed by atoms with Gasteiger partial charge in [-0.25, -0.2) is 0 Å². The highest BCUT2D eigenvalue weighted by Crippen LogP contribution is 2.20. The Morgan fingerprint density at radius 3 is 2.56 bits per heavy atom. The van der Waals surface area contributed by atoms with Crippen LogP contribution in [0.1, 0.15) is 63.5 Å². The van der Waals surface area contributed by atoms with Crippen molar-refractivity contribution in [2.24, 2.45) is 11.5 Å². The molecule has 0 aromatic heterocycles. The fourth-order valence-corrected chi connectivity index (χ4v) is 3.95. The molecular formula is C26H43N5O5. The van der Waals surface area contributed by atoms with E-state index < -0.39 is 24.1 Å². The van der Waals surface area contributed by atoms with Gasteiger partial charge in [0.15, 0.2) is 0 Å². The number of amides is 4. The molecule has 36 heavy (non-hydrogen) atoms. The Bertz CT molecular complexity index is 846. The van der Waals surface area contributed by atoms with Gasteiger partial charge in [-0.2, -0.15) is 0 Å². The zero-order valence-electron chi connectivity index (χ0n) is 21.8. The number of aryl methyl sites for hydroxylation is 1. The van der Waals surface area contributed by atoms with Crippen molar-refractivity contribution < 1.29 is 24.3 Å². The number of nitrogens with one attached hydrogen (secondary N) is 1. The lowest BCUT2D eigenvalue weighted by atomic mass is 10.1. The molecular weight excluding hydrogens is 462 g/mol. The molecule has 10 heteroatoms. The van der Waals surface area contributed by atoms with Crippen LogP contribution in [0, 0.1) is 6.92 Å². The van der Waals surface area contributed by atoms with Gasteiger partial charge < -0.3 is 31.7 Å². The first-order valence-corrected chi connectivity index (χ1v) is 12.7. The van der Waals surface area contributed by atoms with E-state index in [0.717, 1.165) is 36.9 Å². The molecule has 1 aliphatic heterocycles. The molecule has 10 nitrogen and oxygen atoms in total. The standard InChI is InChI=1S/C23H34N4O5.C3H9N/c1-16-7-5-8-18(13-16)14-26(23(32)19-9-6-12-27(19)15-28)11-4-3-10-20(30)25-21(17(2)29)22(24)31;1-2-3-4/h5,7-8,13,15,17,19,21,29H,3-4,6,9-12,14H2,1-2H3,(H2,24,31)(H,25,30);2-4H2,1H3/t17-,19?,21?;/m1./s1. The molecule has 0 spiro atoms. The van der Waals surface area contributed by atoms with Gasteiger partial charge in [0.25, 0.3) is 0 Å². The van der Waals surface area contributed by atoms with Crippen LogP contribution in [0.4, 0.5) is 0 Å². The summed E-state index contributed by atoms with van der Waals surface area (Å²) in [5.41, 5.74) is 12.3. The Morgan fingerprint density at radius 2 is 2.00 bits per heavy atom. The number of hydrogen-bond donors (Lipinski definition) is 4. The summed E-state index contributed by atoms with van der Waals surface area (Å²) >= 11 is 0. The molecule has 1 aliphatic rings. The van der Waals surface area contributed by atoms with E-state index in [1.54, 1.807) is 9.80 Å². The van der Waals surface area contributed by atoms with Crippen molar-refractivity contribution in [2.45, 2.75) is 84.0 Å². The summed E-state index contributed by atoms with van der Waals surface area (Å²) in [5, 5.41) is 12.0. The number of carbonyl (C=O) groups is 4. The quantitative estimate of drug-likeness (QED) is 0.229. The van der Waals surface area contributed by atoms with Crippen molar-refractivity contribution in [1.82, 2.24) is 15.1 Å². The molecule has 0 bridgehead atoms. The maximum absolute atomic E-state index is 13.2. The van der Waals surface area contributed by atoms with Crippen molar-refractivity contribution in [3.05, 3.63) is 35.4 Å². The lowest BCUT2D eigenvalue weighted by Gasteiger charge is -2.29. The second-order valence-corrected chi connectivity index (χ2v) is 9.18. The second kappa shape index (κ2) is 16.6. The molecule has 1 fully saturated rings. The van der Waals surface area contributed by atoms with Crippen LogP contribution in [0.25, 0.3) is 0 Å². The Hall–Kier alpha value is -2.98. The third-order valence-electron chi connectivity index (χ3n) is 5.96. The number of aliphatic hydroxyl groups excluding tert-OH is 1. The molecule has 1 aromatic carbocycles. The summed E-state index contributed by atoms with van der Waals surface area (Å²) in [5.74, 6) is -1.25. The molecule has 4 amide bonds. The van der Waals surface area contributed by atoms with E-state index in [4.69, 9.17) is 11.5 Å². The monoisotopic (exact) mass is 505 g/mol. The summed E-state index contributed by atoms with van der Waals surface area (Å²) < 4.78 is 0. The number of rotatable bonds is 13. The second-order valence-electron chi connectivity index (χ2n) is 9.18. The summed E-state index contributed by atoms with van der Waals surface area (Å²) in [7, 11) is 0. The average Bonchev–Trinajstić information content (AvgIpc) is 3.32. The summed E-state index contributed by atoms with van der Waals surface area (Å²) in [6.07, 6.45) is 3.43. The van der Waals surface area contributed by atoms with Crippen LogP contribution in [0.15, 0.2) is 24.3 Å². The number of carbonyl (C=O) groups excluding carboxylic acids is 4. The molecule has 1 heterocycles. The zero-order valence-corrected chi connectivity index (χ0v) is 21.8. The third kappa shape index (κ3) is 10.7. The number of primary amides is 1. The predicted molar refractivity (Wildman–Crippen MR) is 138 cm³/mol. The minimum atomic E-state index is -1.13. The Kier molecular flexibility index (Phi) is 14.4. The molecule has 1 aromatic rings. The van der Waals surface area contributed by atoms with Gasteiger partial charge in [0.05, 0.1) is 6.10 Å². The number of benzene rings is 1. The van der Waals surface area contributed by atoms with E-state index in [0.29, 0.717) is 38.9 Å². The van der Waals surface area contributed by atoms with Crippen LogP contribution in [-0.4, -0.2) is 76.9 Å². The van der Waals surface area contributed by atoms with Crippen molar-refractivity contribution >= 4 is 24.1 Å². The molecule has 0 radical (unpaired) electrons. The first kappa shape index (κ1) is 31.1. The fourth-order valence-electron chi connectivity index (χ4n) is 3.95. The predicted octanol–water partition coefficient (Wildman–Crippen LogP) is 0.821. The first-order chi connectivity index (χ1) is 17.1. The molecule has 202 valence electrons. The van der Waals surface area contributed by atoms with E-state index >= 15 is 0 Å². The normalized spacial score (nSPS) is 16.4. The summed E-state index contributed by atoms with van der Waals surface area (Å²) in [4.78, 5) is 51.3. The molecule has 2 unspecified atom stereocenters. The molecule has 2 rings (SSSR count). The maximum Gasteiger partial charge on any atom is 0.245 e. The zero-order chi connectivity index (χ0) is 27.1. The van der Waals surface area contributed by atoms with E-state index in [9.17, 15) is 24.3 Å². The Balaban J connectivity index is 0.00000150. The van der Waals surface area contributed by atoms with Crippen molar-refractivity contribution in [2.75, 3.05) is 19.6 Å². The van der Waals surface area contributed by atoms with Crippen molar-refractivity contribution in [3.63, 3.8) is 0 Å². The van der Waals surface area contributed by atoms with Crippen molar-refractivity contribution in [3.8, 4) is 0 Å². The van der Waals surface area contributed by atoms with Gasteiger partial charge in [-0.15, -0.1) is 0 Å². The van der Waals surface area contributed by atoms with Gasteiger partial charge in [0.2, 0.25) is 24.1 Å². The van der Waals surface area contributed by atoms with E-state index in [-0.39, 0.29) is 18.2 Å². The highest BCUT2D eigenvalue weighted by atomic mass is 16.3. The number of nitrogens with zero attached hydrogens (tertiary/aromatic N) is 2. The highest BCUT2D eigenvalue weighted by Gasteiger charge is 2.32. The average molecular weight is 506 g/mol. The van der Waals surface area contributed by atoms with Gasteiger partial charge in [0.1, 0.15) is 12.1 Å². The number of likely N-dealkylation sites (tertiary alicyclic amines) is 1. The van der Waals surface area contributed by atoms with E-state index in [1.165, 1.54) is 6.92 Å². The third-order valence-corrected chi connectivity index (χ3v) is 5.96. The van der Waals surface area contributed by atoms with Gasteiger partial charge in [0, 0.05) is 26.1 Å². The van der Waals surface area contributed by atoms with Crippen LogP contribution in [-0.2, 0) is 25.7 Å². The van der Waals surface area contributed by atoms with Crippen molar-refractivity contribution in [1.29, 1.82) is 0 Å². The topological polar surface area (TPSA) is 159 Å². The minimum Gasteiger partial charge on any atom is -0.391 e. The fraction of sp³-hybridized carbons (Fsp3) is 0.615. The maximum atomic E-state index is 13.2. The number of hydrogen-bond acceptors (Lipinski definition) is 6. The van der Waals surface area contributed by atoms with Gasteiger partial charge in [-0.05, 0) is 58.1 Å². The first-order valence-electron chi connectivity index (χ1n) is 12.7. The molecule has 0 aliphatic carbocycles. The largest absolute Gasteiger partial charge is 0.391 e. The smallest absolute Gasteiger partial charge is 0.245 e. The van der Waals surface area contributed by atoms with Crippen LogP contribution in [0.2, 0.25) is 0 Å². The number of nitrogens with two attached hydrogens (primary N) is 2. The lowest BCUT2D eigenvalue weighted by molar-refractivity contribution is -0.140. The molecule has 0 saturated carbocycles. The number of unbranched alkanes of at least 4 members (excludes halogenated alkanes) is 1. The SMILES string of the molecule is CCCN.Cc1cccc(CN(CCCCC(=O)NC(C(N)=O)[C@@H](C)O)C(=O)C2CCCN2C=O)c1. The minimum absolute atomic E-state index is 0.0801. The van der Waals surface area contributed by atoms with Gasteiger partial charge in [-0.3, -0.25) is 19.2 Å². The van der Waals surface area contributed by atoms with Gasteiger partial charge in [-0.1, -0.05) is 36.8 Å². The van der Waals surface area contributed by atoms with Crippen LogP contribution in [0.5, 0.6) is 0 Å². The highest BCUT2D eigenvalue weighted by molar-refractivity contribution is 5.87. The molecule has 3 atom stereocenters. The van der Waals surface area contributed by atoms with E-state index in [2.05, 4.69) is 12.2 Å². The molecule has 6 N–H and O–H groups in total. The molecule has 1 saturated heterocycles. The lowest BCUT2D eigenvalue weighted by Crippen LogP contribution is -2.50. The Labute approximate surface area is 214 Å². The van der Waals surface area contributed by atoms with E-state index in [1.807, 2.05) is 31.2 Å². The van der Waals surface area contributed by atoms with Crippen LogP contribution in [0.3, 0.4) is 0 Å². The van der Waals surface area contributed by atoms with Crippen LogP contribution < -0.4 is 16.8 Å². The van der Waals surface area contributed by atoms with Crippen LogP contribution >= 0.6 is 0 Å². The summed E-state index contributed by atoms with van der Waals surface area (Å²) in [6.45, 7) is 7.71.